The van der Waals surface area contributed by atoms with Crippen molar-refractivity contribution in [2.75, 3.05) is 44.5 Å². The van der Waals surface area contributed by atoms with Crippen LogP contribution in [0.15, 0.2) is 48.5 Å². The van der Waals surface area contributed by atoms with Crippen LogP contribution in [0.2, 0.25) is 0 Å². The molecule has 2 amide bonds. The van der Waals surface area contributed by atoms with Crippen LogP contribution in [0.25, 0.3) is 0 Å². The van der Waals surface area contributed by atoms with Gasteiger partial charge >= 0.3 is 0 Å². The van der Waals surface area contributed by atoms with Crippen molar-refractivity contribution in [1.29, 1.82) is 0 Å². The fraction of sp³-hybridized carbons (Fsp3) is 0.364. The van der Waals surface area contributed by atoms with Crippen molar-refractivity contribution in [3.05, 3.63) is 48.5 Å². The zero-order valence-electron chi connectivity index (χ0n) is 16.9. The summed E-state index contributed by atoms with van der Waals surface area (Å²) in [5.74, 6) is 1.20. The van der Waals surface area contributed by atoms with Crippen LogP contribution in [0.4, 0.5) is 11.4 Å². The summed E-state index contributed by atoms with van der Waals surface area (Å²) in [6, 6.07) is 14.8. The molecule has 29 heavy (non-hydrogen) atoms. The van der Waals surface area contributed by atoms with Crippen LogP contribution in [-0.4, -0.2) is 45.7 Å². The van der Waals surface area contributed by atoms with Gasteiger partial charge in [-0.2, -0.15) is 0 Å². The van der Waals surface area contributed by atoms with E-state index in [4.69, 9.17) is 9.47 Å². The molecule has 0 aliphatic carbocycles. The highest BCUT2D eigenvalue weighted by atomic mass is 16.5. The average molecular weight is 398 g/mol. The van der Waals surface area contributed by atoms with Gasteiger partial charge in [0, 0.05) is 30.5 Å². The lowest BCUT2D eigenvalue weighted by atomic mass is 9.96. The predicted molar refractivity (Wildman–Crippen MR) is 112 cm³/mol. The number of anilines is 2. The maximum atomic E-state index is 12.5. The van der Waals surface area contributed by atoms with Crippen LogP contribution >= 0.6 is 0 Å². The Morgan fingerprint density at radius 2 is 1.72 bits per heavy atom. The Bertz CT molecular complexity index is 833. The number of likely N-dealkylation sites (tertiary alicyclic amines) is 1. The number of methoxy groups -OCH3 is 2. The summed E-state index contributed by atoms with van der Waals surface area (Å²) in [6.45, 7) is 1.95. The second-order valence-corrected chi connectivity index (χ2v) is 7.17. The molecule has 0 unspecified atom stereocenters. The molecule has 0 aromatic heterocycles. The minimum absolute atomic E-state index is 0.0105. The first-order valence-corrected chi connectivity index (χ1v) is 9.80. The fourth-order valence-electron chi connectivity index (χ4n) is 3.55. The lowest BCUT2D eigenvalue weighted by Gasteiger charge is -2.28. The Labute approximate surface area is 171 Å². The van der Waals surface area contributed by atoms with E-state index in [0.717, 1.165) is 31.6 Å². The number of carbonyl (C=O) groups excluding carboxylic acids is 2. The molecule has 3 N–H and O–H groups in total. The molecule has 1 heterocycles. The molecule has 1 saturated heterocycles. The van der Waals surface area contributed by atoms with Crippen molar-refractivity contribution in [2.24, 2.45) is 5.92 Å². The van der Waals surface area contributed by atoms with Gasteiger partial charge in [0.25, 0.3) is 5.91 Å². The van der Waals surface area contributed by atoms with Gasteiger partial charge in [-0.3, -0.25) is 9.59 Å². The number of amides is 2. The molecule has 0 atom stereocenters. The largest absolute Gasteiger partial charge is 0.497 e. The standard InChI is InChI=1S/C22H27N3O4/c1-28-18-8-9-19(20(14-18)29-2)24-21(26)15-25-12-10-16(11-13-25)22(27)23-17-6-4-3-5-7-17/h3-9,14,16H,10-13,15H2,1-2H3,(H,23,27)(H,24,26)/p+1. The number of quaternary nitrogens is 1. The SMILES string of the molecule is COc1ccc(NC(=O)C[NH+]2CCC(C(=O)Nc3ccccc3)CC2)c(OC)c1. The lowest BCUT2D eigenvalue weighted by molar-refractivity contribution is -0.897. The Kier molecular flexibility index (Phi) is 7.08. The quantitative estimate of drug-likeness (QED) is 0.662. The third kappa shape index (κ3) is 5.71. The molecule has 7 nitrogen and oxygen atoms in total. The molecule has 3 rings (SSSR count). The zero-order valence-corrected chi connectivity index (χ0v) is 16.9. The summed E-state index contributed by atoms with van der Waals surface area (Å²) in [6.07, 6.45) is 1.54. The van der Waals surface area contributed by atoms with Crippen LogP contribution in [0.5, 0.6) is 11.5 Å². The molecule has 0 radical (unpaired) electrons. The van der Waals surface area contributed by atoms with Crippen LogP contribution in [-0.2, 0) is 9.59 Å². The molecule has 0 spiro atoms. The summed E-state index contributed by atoms with van der Waals surface area (Å²) >= 11 is 0. The third-order valence-corrected chi connectivity index (χ3v) is 5.20. The number of hydrogen-bond donors (Lipinski definition) is 3. The Morgan fingerprint density at radius 1 is 1.00 bits per heavy atom. The van der Waals surface area contributed by atoms with E-state index < -0.39 is 0 Å². The number of hydrogen-bond acceptors (Lipinski definition) is 4. The lowest BCUT2D eigenvalue weighted by Crippen LogP contribution is -3.14. The fourth-order valence-corrected chi connectivity index (χ4v) is 3.55. The number of nitrogens with one attached hydrogen (secondary N) is 3. The molecular weight excluding hydrogens is 370 g/mol. The molecule has 2 aromatic rings. The summed E-state index contributed by atoms with van der Waals surface area (Å²) in [4.78, 5) is 26.1. The number of benzene rings is 2. The van der Waals surface area contributed by atoms with Crippen LogP contribution in [0.3, 0.4) is 0 Å². The van der Waals surface area contributed by atoms with Crippen molar-refractivity contribution >= 4 is 23.2 Å². The molecule has 1 fully saturated rings. The number of piperidine rings is 1. The Balaban J connectivity index is 1.47. The van der Waals surface area contributed by atoms with Gasteiger partial charge in [0.05, 0.1) is 33.0 Å². The average Bonchev–Trinajstić information content (AvgIpc) is 2.75. The summed E-state index contributed by atoms with van der Waals surface area (Å²) in [5.41, 5.74) is 1.44. The van der Waals surface area contributed by atoms with E-state index in [1.165, 1.54) is 4.90 Å². The topological polar surface area (TPSA) is 81.1 Å². The van der Waals surface area contributed by atoms with Crippen molar-refractivity contribution < 1.29 is 24.0 Å². The minimum atomic E-state index is -0.0735. The Morgan fingerprint density at radius 3 is 2.38 bits per heavy atom. The Hall–Kier alpha value is -3.06. The first-order chi connectivity index (χ1) is 14.1. The van der Waals surface area contributed by atoms with Gasteiger partial charge in [0.1, 0.15) is 11.5 Å². The molecular formula is C22H28N3O4+. The van der Waals surface area contributed by atoms with Crippen LogP contribution in [0.1, 0.15) is 12.8 Å². The van der Waals surface area contributed by atoms with Crippen LogP contribution in [0, 0.1) is 5.92 Å². The van der Waals surface area contributed by atoms with E-state index in [2.05, 4.69) is 10.6 Å². The summed E-state index contributed by atoms with van der Waals surface area (Å²) < 4.78 is 10.5. The number of carbonyl (C=O) groups is 2. The van der Waals surface area contributed by atoms with Crippen molar-refractivity contribution in [3.63, 3.8) is 0 Å². The second kappa shape index (κ2) is 9.93. The maximum Gasteiger partial charge on any atom is 0.279 e. The van der Waals surface area contributed by atoms with Gasteiger partial charge in [-0.05, 0) is 24.3 Å². The van der Waals surface area contributed by atoms with Gasteiger partial charge in [-0.1, -0.05) is 18.2 Å². The van der Waals surface area contributed by atoms with E-state index in [-0.39, 0.29) is 17.7 Å². The summed E-state index contributed by atoms with van der Waals surface area (Å²) in [5, 5.41) is 5.88. The number of para-hydroxylation sites is 1. The third-order valence-electron chi connectivity index (χ3n) is 5.20. The molecule has 2 aromatic carbocycles. The minimum Gasteiger partial charge on any atom is -0.497 e. The summed E-state index contributed by atoms with van der Waals surface area (Å²) in [7, 11) is 3.14. The van der Waals surface area contributed by atoms with Gasteiger partial charge in [-0.25, -0.2) is 0 Å². The van der Waals surface area contributed by atoms with Gasteiger partial charge < -0.3 is 25.0 Å². The van der Waals surface area contributed by atoms with Crippen molar-refractivity contribution in [3.8, 4) is 11.5 Å². The molecule has 7 heteroatoms. The highest BCUT2D eigenvalue weighted by molar-refractivity contribution is 5.93. The monoisotopic (exact) mass is 398 g/mol. The van der Waals surface area contributed by atoms with Gasteiger partial charge in [-0.15, -0.1) is 0 Å². The van der Waals surface area contributed by atoms with Crippen molar-refractivity contribution in [1.82, 2.24) is 0 Å². The van der Waals surface area contributed by atoms with E-state index >= 15 is 0 Å². The highest BCUT2D eigenvalue weighted by Gasteiger charge is 2.28. The first kappa shape index (κ1) is 20.7. The maximum absolute atomic E-state index is 12.5. The molecule has 154 valence electrons. The van der Waals surface area contributed by atoms with Crippen molar-refractivity contribution in [2.45, 2.75) is 12.8 Å². The normalized spacial score (nSPS) is 18.6. The molecule has 1 aliphatic rings. The molecule has 0 saturated carbocycles. The second-order valence-electron chi connectivity index (χ2n) is 7.17. The smallest absolute Gasteiger partial charge is 0.279 e. The first-order valence-electron chi connectivity index (χ1n) is 9.80. The van der Waals surface area contributed by atoms with E-state index in [9.17, 15) is 9.59 Å². The van der Waals surface area contributed by atoms with E-state index in [0.29, 0.717) is 23.7 Å². The van der Waals surface area contributed by atoms with Gasteiger partial charge in [0.15, 0.2) is 6.54 Å². The zero-order chi connectivity index (χ0) is 20.6. The predicted octanol–water partition coefficient (Wildman–Crippen LogP) is 1.58. The molecule has 1 aliphatic heterocycles. The highest BCUT2D eigenvalue weighted by Crippen LogP contribution is 2.28. The van der Waals surface area contributed by atoms with E-state index in [1.54, 1.807) is 32.4 Å². The van der Waals surface area contributed by atoms with Crippen LogP contribution < -0.4 is 25.0 Å². The number of ether oxygens (including phenoxy) is 2. The molecule has 0 bridgehead atoms. The van der Waals surface area contributed by atoms with Gasteiger partial charge in [0.2, 0.25) is 5.91 Å². The number of rotatable bonds is 7. The van der Waals surface area contributed by atoms with E-state index in [1.807, 2.05) is 30.3 Å².